The van der Waals surface area contributed by atoms with E-state index in [9.17, 15) is 9.59 Å². The normalized spacial score (nSPS) is 41.1. The molecule has 3 nitrogen and oxygen atoms in total. The summed E-state index contributed by atoms with van der Waals surface area (Å²) in [5, 5.41) is 0. The highest BCUT2D eigenvalue weighted by Gasteiger charge is 2.68. The molecular weight excluding hydrogens is 216 g/mol. The summed E-state index contributed by atoms with van der Waals surface area (Å²) in [5.41, 5.74) is 0.175. The van der Waals surface area contributed by atoms with E-state index in [0.29, 0.717) is 6.42 Å². The van der Waals surface area contributed by atoms with Crippen LogP contribution in [0.5, 0.6) is 0 Å². The van der Waals surface area contributed by atoms with E-state index in [2.05, 4.69) is 13.0 Å². The molecule has 0 amide bonds. The van der Waals surface area contributed by atoms with Gasteiger partial charge in [-0.15, -0.1) is 0 Å². The number of carbonyl (C=O) groups is 2. The first-order valence-electron chi connectivity index (χ1n) is 6.53. The minimum atomic E-state index is -0.528. The molecule has 0 bridgehead atoms. The standard InChI is InChI=1S/C14H18O3/c1-10-5-8-13-6-3-2-4-7-14(13,9-10)12(16)17-11(13)15/h5H,2-4,6-9H2,1H3/t13-,14-/m0/s1. The minimum absolute atomic E-state index is 0.253. The van der Waals surface area contributed by atoms with E-state index >= 15 is 0 Å². The predicted octanol–water partition coefficient (Wildman–Crippen LogP) is 2.75. The Hall–Kier alpha value is -1.12. The zero-order valence-electron chi connectivity index (χ0n) is 10.3. The minimum Gasteiger partial charge on any atom is -0.392 e. The van der Waals surface area contributed by atoms with Gasteiger partial charge in [-0.3, -0.25) is 9.59 Å². The van der Waals surface area contributed by atoms with Crippen LogP contribution in [0.3, 0.4) is 0 Å². The van der Waals surface area contributed by atoms with Crippen LogP contribution in [0.15, 0.2) is 11.6 Å². The first kappa shape index (κ1) is 11.0. The molecule has 3 rings (SSSR count). The Morgan fingerprint density at radius 2 is 1.71 bits per heavy atom. The van der Waals surface area contributed by atoms with E-state index in [1.165, 1.54) is 5.57 Å². The van der Waals surface area contributed by atoms with E-state index < -0.39 is 10.8 Å². The van der Waals surface area contributed by atoms with E-state index in [1.807, 2.05) is 0 Å². The maximum Gasteiger partial charge on any atom is 0.321 e. The molecule has 92 valence electrons. The number of esters is 2. The first-order chi connectivity index (χ1) is 8.11. The molecule has 2 atom stereocenters. The lowest BCUT2D eigenvalue weighted by molar-refractivity contribution is -0.156. The maximum absolute atomic E-state index is 12.2. The van der Waals surface area contributed by atoms with Crippen molar-refractivity contribution in [2.45, 2.75) is 51.9 Å². The molecule has 1 saturated heterocycles. The molecule has 1 aliphatic heterocycles. The summed E-state index contributed by atoms with van der Waals surface area (Å²) in [6, 6.07) is 0. The summed E-state index contributed by atoms with van der Waals surface area (Å²) in [5.74, 6) is -0.509. The molecular formula is C14H18O3. The molecule has 0 unspecified atom stereocenters. The van der Waals surface area contributed by atoms with Crippen LogP contribution in [-0.4, -0.2) is 11.9 Å². The lowest BCUT2D eigenvalue weighted by Crippen LogP contribution is -2.46. The smallest absolute Gasteiger partial charge is 0.321 e. The molecule has 17 heavy (non-hydrogen) atoms. The zero-order chi connectivity index (χ0) is 12.1. The Bertz CT molecular complexity index is 423. The van der Waals surface area contributed by atoms with Gasteiger partial charge < -0.3 is 4.74 Å². The van der Waals surface area contributed by atoms with Crippen molar-refractivity contribution in [3.8, 4) is 0 Å². The third kappa shape index (κ3) is 1.23. The van der Waals surface area contributed by atoms with Crippen LogP contribution in [0.25, 0.3) is 0 Å². The molecule has 1 saturated carbocycles. The summed E-state index contributed by atoms with van der Waals surface area (Å²) in [6.07, 6.45) is 8.39. The van der Waals surface area contributed by atoms with Gasteiger partial charge in [0.2, 0.25) is 0 Å². The van der Waals surface area contributed by atoms with Crippen LogP contribution in [0.2, 0.25) is 0 Å². The van der Waals surface area contributed by atoms with Crippen molar-refractivity contribution in [2.24, 2.45) is 10.8 Å². The van der Waals surface area contributed by atoms with Gasteiger partial charge in [0.05, 0.1) is 10.8 Å². The van der Waals surface area contributed by atoms with Crippen molar-refractivity contribution in [3.05, 3.63) is 11.6 Å². The predicted molar refractivity (Wildman–Crippen MR) is 62.0 cm³/mol. The number of ether oxygens (including phenoxy) is 1. The molecule has 2 aliphatic carbocycles. The molecule has 0 aromatic rings. The quantitative estimate of drug-likeness (QED) is 0.368. The molecule has 3 heteroatoms. The average Bonchev–Trinajstić information content (AvgIpc) is 2.45. The highest BCUT2D eigenvalue weighted by Crippen LogP contribution is 2.61. The number of hydrogen-bond donors (Lipinski definition) is 0. The molecule has 1 heterocycles. The van der Waals surface area contributed by atoms with Gasteiger partial charge in [0.1, 0.15) is 0 Å². The lowest BCUT2D eigenvalue weighted by Gasteiger charge is -2.41. The molecule has 0 N–H and O–H groups in total. The Labute approximate surface area is 101 Å². The summed E-state index contributed by atoms with van der Waals surface area (Å²) in [4.78, 5) is 24.4. The Morgan fingerprint density at radius 1 is 1.06 bits per heavy atom. The molecule has 0 spiro atoms. The Morgan fingerprint density at radius 3 is 2.47 bits per heavy atom. The van der Waals surface area contributed by atoms with Crippen molar-refractivity contribution in [3.63, 3.8) is 0 Å². The molecule has 0 radical (unpaired) electrons. The van der Waals surface area contributed by atoms with Gasteiger partial charge in [-0.1, -0.05) is 30.9 Å². The second-order valence-electron chi connectivity index (χ2n) is 5.83. The molecule has 0 aromatic carbocycles. The van der Waals surface area contributed by atoms with Crippen LogP contribution in [0, 0.1) is 10.8 Å². The van der Waals surface area contributed by atoms with Gasteiger partial charge >= 0.3 is 11.9 Å². The average molecular weight is 234 g/mol. The SMILES string of the molecule is CC1=CC[C@]23CCCCC[C@]2(C1)C(=O)OC3=O. The number of cyclic esters (lactones) is 2. The fraction of sp³-hybridized carbons (Fsp3) is 0.714. The van der Waals surface area contributed by atoms with Crippen LogP contribution in [-0.2, 0) is 14.3 Å². The zero-order valence-corrected chi connectivity index (χ0v) is 10.3. The number of allylic oxidation sites excluding steroid dienone is 2. The summed E-state index contributed by atoms with van der Waals surface area (Å²) < 4.78 is 5.03. The molecule has 2 fully saturated rings. The third-order valence-electron chi connectivity index (χ3n) is 4.97. The highest BCUT2D eigenvalue weighted by atomic mass is 16.6. The number of hydrogen-bond acceptors (Lipinski definition) is 3. The van der Waals surface area contributed by atoms with E-state index in [1.54, 1.807) is 0 Å². The van der Waals surface area contributed by atoms with Gasteiger partial charge in [0.25, 0.3) is 0 Å². The second-order valence-corrected chi connectivity index (χ2v) is 5.83. The van der Waals surface area contributed by atoms with E-state index in [-0.39, 0.29) is 11.9 Å². The Balaban J connectivity index is 2.16. The van der Waals surface area contributed by atoms with Gasteiger partial charge in [0, 0.05) is 0 Å². The van der Waals surface area contributed by atoms with E-state index in [0.717, 1.165) is 38.5 Å². The topological polar surface area (TPSA) is 43.4 Å². The van der Waals surface area contributed by atoms with Crippen molar-refractivity contribution < 1.29 is 14.3 Å². The third-order valence-corrected chi connectivity index (χ3v) is 4.97. The molecule has 0 aromatic heterocycles. The van der Waals surface area contributed by atoms with Crippen molar-refractivity contribution in [1.82, 2.24) is 0 Å². The number of rotatable bonds is 0. The highest BCUT2D eigenvalue weighted by molar-refractivity contribution is 6.02. The lowest BCUT2D eigenvalue weighted by atomic mass is 9.55. The van der Waals surface area contributed by atoms with Crippen molar-refractivity contribution in [1.29, 1.82) is 0 Å². The fourth-order valence-electron chi connectivity index (χ4n) is 3.99. The van der Waals surface area contributed by atoms with Gasteiger partial charge in [0.15, 0.2) is 0 Å². The van der Waals surface area contributed by atoms with Crippen LogP contribution < -0.4 is 0 Å². The Kier molecular flexibility index (Phi) is 2.22. The summed E-state index contributed by atoms with van der Waals surface area (Å²) >= 11 is 0. The monoisotopic (exact) mass is 234 g/mol. The summed E-state index contributed by atoms with van der Waals surface area (Å²) in [6.45, 7) is 2.06. The van der Waals surface area contributed by atoms with Crippen LogP contribution in [0.1, 0.15) is 51.9 Å². The van der Waals surface area contributed by atoms with Gasteiger partial charge in [-0.05, 0) is 32.6 Å². The summed E-state index contributed by atoms with van der Waals surface area (Å²) in [7, 11) is 0. The van der Waals surface area contributed by atoms with Gasteiger partial charge in [-0.25, -0.2) is 0 Å². The van der Waals surface area contributed by atoms with Gasteiger partial charge in [-0.2, -0.15) is 0 Å². The first-order valence-corrected chi connectivity index (χ1v) is 6.53. The second kappa shape index (κ2) is 3.44. The largest absolute Gasteiger partial charge is 0.392 e. The van der Waals surface area contributed by atoms with Crippen molar-refractivity contribution in [2.75, 3.05) is 0 Å². The fourth-order valence-corrected chi connectivity index (χ4v) is 3.99. The maximum atomic E-state index is 12.2. The number of carbonyl (C=O) groups excluding carboxylic acids is 2. The van der Waals surface area contributed by atoms with Crippen LogP contribution >= 0.6 is 0 Å². The van der Waals surface area contributed by atoms with Crippen molar-refractivity contribution >= 4 is 11.9 Å². The van der Waals surface area contributed by atoms with E-state index in [4.69, 9.17) is 4.74 Å². The van der Waals surface area contributed by atoms with Crippen LogP contribution in [0.4, 0.5) is 0 Å². The molecule has 3 aliphatic rings.